The lowest BCUT2D eigenvalue weighted by molar-refractivity contribution is 0.300. The second kappa shape index (κ2) is 7.69. The van der Waals surface area contributed by atoms with Crippen molar-refractivity contribution in [1.82, 2.24) is 5.32 Å². The van der Waals surface area contributed by atoms with Crippen molar-refractivity contribution in [2.24, 2.45) is 0 Å². The minimum Gasteiger partial charge on any atom is -0.497 e. The highest BCUT2D eigenvalue weighted by atomic mass is 79.9. The normalized spacial score (nSPS) is 10.5. The summed E-state index contributed by atoms with van der Waals surface area (Å²) in [5, 5.41) is 3.82. The predicted molar refractivity (Wildman–Crippen MR) is 89.2 cm³/mol. The van der Waals surface area contributed by atoms with Crippen molar-refractivity contribution >= 4 is 27.5 Å². The zero-order valence-corrected chi connectivity index (χ0v) is 14.3. The second-order valence-corrected chi connectivity index (χ2v) is 5.82. The molecule has 0 aliphatic heterocycles. The van der Waals surface area contributed by atoms with Crippen LogP contribution in [0.4, 0.5) is 0 Å². The summed E-state index contributed by atoms with van der Waals surface area (Å²) in [7, 11) is 3.54. The molecule has 0 fully saturated rings. The Balaban J connectivity index is 2.16. The Labute approximate surface area is 138 Å². The third-order valence-corrected chi connectivity index (χ3v) is 4.03. The molecule has 3 nitrogen and oxygen atoms in total. The fraction of sp³-hybridized carbons (Fsp3) is 0.250. The lowest BCUT2D eigenvalue weighted by Crippen LogP contribution is -2.07. The largest absolute Gasteiger partial charge is 0.497 e. The van der Waals surface area contributed by atoms with E-state index in [1.165, 1.54) is 0 Å². The first-order valence-corrected chi connectivity index (χ1v) is 7.69. The van der Waals surface area contributed by atoms with Gasteiger partial charge in [0.2, 0.25) is 0 Å². The van der Waals surface area contributed by atoms with Crippen molar-refractivity contribution < 1.29 is 9.47 Å². The van der Waals surface area contributed by atoms with Gasteiger partial charge in [0.25, 0.3) is 0 Å². The van der Waals surface area contributed by atoms with Crippen LogP contribution in [0.2, 0.25) is 5.02 Å². The molecule has 0 saturated heterocycles. The van der Waals surface area contributed by atoms with Crippen LogP contribution in [0.15, 0.2) is 40.9 Å². The monoisotopic (exact) mass is 369 g/mol. The third kappa shape index (κ3) is 4.37. The van der Waals surface area contributed by atoms with E-state index in [0.717, 1.165) is 27.1 Å². The Morgan fingerprint density at radius 3 is 2.67 bits per heavy atom. The SMILES string of the molecule is CNCc1cc(Cl)ccc1OCc1cc(OC)ccc1Br. The predicted octanol–water partition coefficient (Wildman–Crippen LogP) is 4.41. The van der Waals surface area contributed by atoms with Gasteiger partial charge in [0.1, 0.15) is 18.1 Å². The van der Waals surface area contributed by atoms with Gasteiger partial charge in [0.15, 0.2) is 0 Å². The molecule has 2 rings (SSSR count). The zero-order valence-electron chi connectivity index (χ0n) is 12.0. The first-order valence-electron chi connectivity index (χ1n) is 6.52. The lowest BCUT2D eigenvalue weighted by Gasteiger charge is -2.13. The van der Waals surface area contributed by atoms with Crippen molar-refractivity contribution in [2.75, 3.05) is 14.2 Å². The molecule has 2 aromatic carbocycles. The zero-order chi connectivity index (χ0) is 15.2. The third-order valence-electron chi connectivity index (χ3n) is 3.03. The smallest absolute Gasteiger partial charge is 0.124 e. The maximum absolute atomic E-state index is 6.03. The van der Waals surface area contributed by atoms with Crippen LogP contribution in [-0.4, -0.2) is 14.2 Å². The van der Waals surface area contributed by atoms with Gasteiger partial charge in [-0.1, -0.05) is 27.5 Å². The van der Waals surface area contributed by atoms with Crippen molar-refractivity contribution in [2.45, 2.75) is 13.2 Å². The molecule has 0 aliphatic rings. The first-order chi connectivity index (χ1) is 10.1. The molecule has 0 atom stereocenters. The average molecular weight is 371 g/mol. The van der Waals surface area contributed by atoms with Gasteiger partial charge in [0.05, 0.1) is 7.11 Å². The highest BCUT2D eigenvalue weighted by Gasteiger charge is 2.07. The van der Waals surface area contributed by atoms with Gasteiger partial charge in [-0.05, 0) is 43.4 Å². The molecule has 112 valence electrons. The number of halogens is 2. The summed E-state index contributed by atoms with van der Waals surface area (Å²) in [5.41, 5.74) is 2.06. The summed E-state index contributed by atoms with van der Waals surface area (Å²) in [5.74, 6) is 1.63. The fourth-order valence-corrected chi connectivity index (χ4v) is 2.52. The topological polar surface area (TPSA) is 30.5 Å². The van der Waals surface area contributed by atoms with E-state index in [1.54, 1.807) is 7.11 Å². The van der Waals surface area contributed by atoms with Gasteiger partial charge in [-0.2, -0.15) is 0 Å². The first kappa shape index (κ1) is 16.1. The van der Waals surface area contributed by atoms with Crippen LogP contribution >= 0.6 is 27.5 Å². The van der Waals surface area contributed by atoms with E-state index in [2.05, 4.69) is 21.2 Å². The summed E-state index contributed by atoms with van der Waals surface area (Å²) >= 11 is 9.55. The van der Waals surface area contributed by atoms with E-state index in [9.17, 15) is 0 Å². The summed E-state index contributed by atoms with van der Waals surface area (Å²) in [6, 6.07) is 11.4. The number of hydrogen-bond acceptors (Lipinski definition) is 3. The molecule has 2 aromatic rings. The lowest BCUT2D eigenvalue weighted by atomic mass is 10.2. The Morgan fingerprint density at radius 1 is 1.14 bits per heavy atom. The summed E-state index contributed by atoms with van der Waals surface area (Å²) < 4.78 is 12.2. The molecule has 0 aliphatic carbocycles. The van der Waals surface area contributed by atoms with Gasteiger partial charge in [-0.25, -0.2) is 0 Å². The van der Waals surface area contributed by atoms with E-state index >= 15 is 0 Å². The van der Waals surface area contributed by atoms with Crippen LogP contribution in [0.1, 0.15) is 11.1 Å². The quantitative estimate of drug-likeness (QED) is 0.817. The van der Waals surface area contributed by atoms with Crippen LogP contribution < -0.4 is 14.8 Å². The maximum Gasteiger partial charge on any atom is 0.124 e. The van der Waals surface area contributed by atoms with Gasteiger partial charge in [-0.3, -0.25) is 0 Å². The van der Waals surface area contributed by atoms with E-state index in [4.69, 9.17) is 21.1 Å². The minimum absolute atomic E-state index is 0.454. The summed E-state index contributed by atoms with van der Waals surface area (Å²) in [6.45, 7) is 1.16. The highest BCUT2D eigenvalue weighted by molar-refractivity contribution is 9.10. The van der Waals surface area contributed by atoms with Gasteiger partial charge in [0, 0.05) is 27.2 Å². The van der Waals surface area contributed by atoms with Crippen LogP contribution in [0.5, 0.6) is 11.5 Å². The molecule has 0 saturated carbocycles. The summed E-state index contributed by atoms with van der Waals surface area (Å²) in [4.78, 5) is 0. The van der Waals surface area contributed by atoms with Gasteiger partial charge < -0.3 is 14.8 Å². The number of ether oxygens (including phenoxy) is 2. The number of hydrogen-bond donors (Lipinski definition) is 1. The number of benzene rings is 2. The van der Waals surface area contributed by atoms with Crippen molar-refractivity contribution in [3.8, 4) is 11.5 Å². The maximum atomic E-state index is 6.03. The number of rotatable bonds is 6. The second-order valence-electron chi connectivity index (χ2n) is 4.53. The molecule has 0 radical (unpaired) electrons. The number of nitrogens with one attached hydrogen (secondary N) is 1. The van der Waals surface area contributed by atoms with E-state index in [-0.39, 0.29) is 0 Å². The van der Waals surface area contributed by atoms with E-state index in [0.29, 0.717) is 18.2 Å². The van der Waals surface area contributed by atoms with Crippen LogP contribution in [0.25, 0.3) is 0 Å². The average Bonchev–Trinajstić information content (AvgIpc) is 2.48. The molecular formula is C16H17BrClNO2. The molecule has 0 bridgehead atoms. The van der Waals surface area contributed by atoms with Crippen molar-refractivity contribution in [3.63, 3.8) is 0 Å². The molecule has 21 heavy (non-hydrogen) atoms. The molecule has 0 amide bonds. The molecule has 0 spiro atoms. The van der Waals surface area contributed by atoms with Crippen molar-refractivity contribution in [1.29, 1.82) is 0 Å². The molecule has 0 aromatic heterocycles. The van der Waals surface area contributed by atoms with Crippen LogP contribution in [0.3, 0.4) is 0 Å². The molecule has 1 N–H and O–H groups in total. The Morgan fingerprint density at radius 2 is 1.95 bits per heavy atom. The van der Waals surface area contributed by atoms with Gasteiger partial charge >= 0.3 is 0 Å². The Kier molecular flexibility index (Phi) is 5.91. The van der Waals surface area contributed by atoms with E-state index in [1.807, 2.05) is 43.4 Å². The van der Waals surface area contributed by atoms with Gasteiger partial charge in [-0.15, -0.1) is 0 Å². The number of methoxy groups -OCH3 is 1. The van der Waals surface area contributed by atoms with Crippen LogP contribution in [0, 0.1) is 0 Å². The minimum atomic E-state index is 0.454. The summed E-state index contributed by atoms with van der Waals surface area (Å²) in [6.07, 6.45) is 0. The molecule has 0 heterocycles. The fourth-order valence-electron chi connectivity index (χ4n) is 1.96. The van der Waals surface area contributed by atoms with Crippen LogP contribution in [-0.2, 0) is 13.2 Å². The Hall–Kier alpha value is -1.23. The molecule has 0 unspecified atom stereocenters. The molecule has 5 heteroatoms. The van der Waals surface area contributed by atoms with Crippen molar-refractivity contribution in [3.05, 3.63) is 57.0 Å². The van der Waals surface area contributed by atoms with E-state index < -0.39 is 0 Å². The molecular weight excluding hydrogens is 354 g/mol. The Bertz CT molecular complexity index is 619. The highest BCUT2D eigenvalue weighted by Crippen LogP contribution is 2.27. The standard InChI is InChI=1S/C16H17BrClNO2/c1-19-9-11-7-13(18)3-6-16(11)21-10-12-8-14(20-2)4-5-15(12)17/h3-8,19H,9-10H2,1-2H3.